The molecular weight excluding hydrogens is 478 g/mol. The van der Waals surface area contributed by atoms with Crippen molar-refractivity contribution in [1.29, 1.82) is 0 Å². The molecule has 1 unspecified atom stereocenters. The summed E-state index contributed by atoms with van der Waals surface area (Å²) in [5, 5.41) is 3.61. The van der Waals surface area contributed by atoms with Gasteiger partial charge < -0.3 is 9.47 Å². The summed E-state index contributed by atoms with van der Waals surface area (Å²) in [6, 6.07) is 16.5. The lowest BCUT2D eigenvalue weighted by atomic mass is 9.91. The molecule has 0 saturated heterocycles. The summed E-state index contributed by atoms with van der Waals surface area (Å²) in [5.74, 6) is -1.70. The molecule has 0 aliphatic heterocycles. The molecule has 0 amide bonds. The molecule has 4 aromatic rings. The van der Waals surface area contributed by atoms with Crippen LogP contribution >= 0.6 is 10.5 Å². The molecule has 1 atom stereocenters. The average molecular weight is 508 g/mol. The summed E-state index contributed by atoms with van der Waals surface area (Å²) in [5.41, 5.74) is 2.75. The number of halogens is 2. The maximum absolute atomic E-state index is 13.9. The third-order valence-corrected chi connectivity index (χ3v) is 9.19. The van der Waals surface area contributed by atoms with E-state index in [0.29, 0.717) is 24.2 Å². The zero-order chi connectivity index (χ0) is 25.4. The minimum Gasteiger partial charge on any atom is -0.481 e. The molecule has 1 aliphatic rings. The van der Waals surface area contributed by atoms with Crippen molar-refractivity contribution in [3.05, 3.63) is 93.9 Å². The monoisotopic (exact) mass is 507 g/mol. The highest BCUT2D eigenvalue weighted by Gasteiger charge is 2.40. The van der Waals surface area contributed by atoms with Gasteiger partial charge in [-0.1, -0.05) is 18.2 Å². The quantitative estimate of drug-likeness (QED) is 0.195. The Balaban J connectivity index is 1.34. The van der Waals surface area contributed by atoms with Crippen molar-refractivity contribution in [2.45, 2.75) is 52.1 Å². The first-order chi connectivity index (χ1) is 17.3. The highest BCUT2D eigenvalue weighted by Crippen LogP contribution is 2.45. The van der Waals surface area contributed by atoms with Gasteiger partial charge in [0.1, 0.15) is 16.7 Å². The van der Waals surface area contributed by atoms with E-state index in [1.165, 1.54) is 26.6 Å². The fourth-order valence-corrected chi connectivity index (χ4v) is 7.60. The molecule has 1 aliphatic carbocycles. The summed E-state index contributed by atoms with van der Waals surface area (Å²) in [6.45, 7) is 5.86. The number of hydrogen-bond donors (Lipinski definition) is 0. The third kappa shape index (κ3) is 4.50. The van der Waals surface area contributed by atoms with E-state index in [0.717, 1.165) is 36.1 Å². The number of aryl methyl sites for hydroxylation is 3. The SMILES string of the molecule is Cc1cc(-[s+]2cc(C)c3ccccc32)cc(C)c1OCC(=O)OC1(c2ccc(F)c(F)c2)CCCC1. The van der Waals surface area contributed by atoms with Gasteiger partial charge in [-0.2, -0.15) is 0 Å². The van der Waals surface area contributed by atoms with Crippen molar-refractivity contribution < 1.29 is 23.0 Å². The van der Waals surface area contributed by atoms with Crippen LogP contribution in [0, 0.1) is 32.4 Å². The van der Waals surface area contributed by atoms with Crippen molar-refractivity contribution in [3.8, 4) is 10.6 Å². The molecule has 36 heavy (non-hydrogen) atoms. The number of thiophene rings is 1. The molecule has 1 heterocycles. The van der Waals surface area contributed by atoms with E-state index in [1.807, 2.05) is 13.8 Å². The minimum atomic E-state index is -0.940. The maximum atomic E-state index is 13.9. The van der Waals surface area contributed by atoms with Gasteiger partial charge in [0.2, 0.25) is 0 Å². The van der Waals surface area contributed by atoms with E-state index < -0.39 is 23.2 Å². The zero-order valence-electron chi connectivity index (χ0n) is 20.7. The van der Waals surface area contributed by atoms with Crippen molar-refractivity contribution in [1.82, 2.24) is 0 Å². The molecule has 5 rings (SSSR count). The number of hydrogen-bond acceptors (Lipinski definition) is 3. The van der Waals surface area contributed by atoms with Crippen LogP contribution in [0.3, 0.4) is 0 Å². The molecule has 3 aromatic carbocycles. The van der Waals surface area contributed by atoms with E-state index in [-0.39, 0.29) is 17.1 Å². The molecular formula is C30H29F2O3S+. The Bertz CT molecular complexity index is 1430. The molecule has 186 valence electrons. The Hall–Kier alpha value is -3.25. The maximum Gasteiger partial charge on any atom is 0.345 e. The van der Waals surface area contributed by atoms with Gasteiger partial charge in [-0.3, -0.25) is 0 Å². The first-order valence-corrected chi connectivity index (χ1v) is 13.5. The molecule has 1 saturated carbocycles. The van der Waals surface area contributed by atoms with Gasteiger partial charge in [0, 0.05) is 33.6 Å². The van der Waals surface area contributed by atoms with Gasteiger partial charge in [-0.05, 0) is 87.4 Å². The standard InChI is InChI=1S/C30H29F2O3S/c1-19-14-23(36-18-21(3)24-8-4-5-9-27(24)36)15-20(2)29(19)34-17-28(33)35-30(12-6-7-13-30)22-10-11-25(31)26(32)16-22/h4-5,8-11,14-16,18H,6-7,12-13,17H2,1-3H3/q+1. The Morgan fingerprint density at radius 1 is 0.917 bits per heavy atom. The Kier molecular flexibility index (Phi) is 6.56. The van der Waals surface area contributed by atoms with Gasteiger partial charge in [0.05, 0.1) is 0 Å². The first kappa shape index (κ1) is 24.4. The first-order valence-electron chi connectivity index (χ1n) is 12.2. The number of fused-ring (bicyclic) bond motifs is 1. The molecule has 6 heteroatoms. The van der Waals surface area contributed by atoms with Crippen LogP contribution in [-0.2, 0) is 15.1 Å². The summed E-state index contributed by atoms with van der Waals surface area (Å²) < 4.78 is 40.5. The normalized spacial score (nSPS) is 15.3. The fourth-order valence-electron chi connectivity index (χ4n) is 5.30. The molecule has 0 bridgehead atoms. The largest absolute Gasteiger partial charge is 0.481 e. The summed E-state index contributed by atoms with van der Waals surface area (Å²) in [6.07, 6.45) is 2.86. The van der Waals surface area contributed by atoms with Crippen LogP contribution in [0.25, 0.3) is 15.0 Å². The molecule has 3 nitrogen and oxygen atoms in total. The smallest absolute Gasteiger partial charge is 0.345 e. The van der Waals surface area contributed by atoms with Crippen LogP contribution in [0.5, 0.6) is 5.75 Å². The van der Waals surface area contributed by atoms with E-state index in [9.17, 15) is 13.6 Å². The summed E-state index contributed by atoms with van der Waals surface area (Å²) in [7, 11) is -0.138. The summed E-state index contributed by atoms with van der Waals surface area (Å²) in [4.78, 5) is 14.1. The van der Waals surface area contributed by atoms with Crippen LogP contribution in [0.2, 0.25) is 0 Å². The van der Waals surface area contributed by atoms with Crippen molar-refractivity contribution in [3.63, 3.8) is 0 Å². The van der Waals surface area contributed by atoms with E-state index >= 15 is 0 Å². The van der Waals surface area contributed by atoms with Crippen LogP contribution < -0.4 is 4.74 Å². The Morgan fingerprint density at radius 3 is 2.31 bits per heavy atom. The van der Waals surface area contributed by atoms with E-state index in [4.69, 9.17) is 9.47 Å². The Morgan fingerprint density at radius 2 is 1.61 bits per heavy atom. The fraction of sp³-hybridized carbons (Fsp3) is 0.300. The number of ether oxygens (including phenoxy) is 2. The number of benzene rings is 3. The predicted molar refractivity (Wildman–Crippen MR) is 140 cm³/mol. The van der Waals surface area contributed by atoms with Gasteiger partial charge in [0.15, 0.2) is 27.8 Å². The van der Waals surface area contributed by atoms with Crippen molar-refractivity contribution in [2.24, 2.45) is 0 Å². The number of carbonyl (C=O) groups excluding carboxylic acids is 1. The predicted octanol–water partition coefficient (Wildman–Crippen LogP) is 8.17. The highest BCUT2D eigenvalue weighted by molar-refractivity contribution is 7.43. The second kappa shape index (κ2) is 9.66. The van der Waals surface area contributed by atoms with Crippen molar-refractivity contribution in [2.75, 3.05) is 6.61 Å². The lowest BCUT2D eigenvalue weighted by Gasteiger charge is -2.30. The number of esters is 1. The van der Waals surface area contributed by atoms with Gasteiger partial charge in [-0.25, -0.2) is 13.6 Å². The van der Waals surface area contributed by atoms with Crippen LogP contribution in [0.15, 0.2) is 60.0 Å². The van der Waals surface area contributed by atoms with Crippen molar-refractivity contribution >= 4 is 26.5 Å². The van der Waals surface area contributed by atoms with E-state index in [1.54, 1.807) is 0 Å². The van der Waals surface area contributed by atoms with Gasteiger partial charge >= 0.3 is 5.97 Å². The Labute approximate surface area is 212 Å². The topological polar surface area (TPSA) is 35.5 Å². The molecule has 0 spiro atoms. The molecule has 1 fully saturated rings. The number of carbonyl (C=O) groups is 1. The minimum absolute atomic E-state index is 0.138. The van der Waals surface area contributed by atoms with Crippen LogP contribution in [0.4, 0.5) is 8.78 Å². The van der Waals surface area contributed by atoms with Gasteiger partial charge in [0.25, 0.3) is 0 Å². The van der Waals surface area contributed by atoms with Crippen LogP contribution in [0.1, 0.15) is 47.9 Å². The molecule has 0 N–H and O–H groups in total. The number of rotatable bonds is 6. The van der Waals surface area contributed by atoms with E-state index in [2.05, 4.69) is 48.7 Å². The zero-order valence-corrected chi connectivity index (χ0v) is 21.5. The lowest BCUT2D eigenvalue weighted by Crippen LogP contribution is -2.32. The lowest BCUT2D eigenvalue weighted by molar-refractivity contribution is -0.163. The second-order valence-corrected chi connectivity index (χ2v) is 11.4. The van der Waals surface area contributed by atoms with Crippen LogP contribution in [-0.4, -0.2) is 12.6 Å². The molecule has 0 radical (unpaired) electrons. The highest BCUT2D eigenvalue weighted by atomic mass is 32.2. The second-order valence-electron chi connectivity index (χ2n) is 9.61. The van der Waals surface area contributed by atoms with Gasteiger partial charge in [-0.15, -0.1) is 0 Å². The summed E-state index contributed by atoms with van der Waals surface area (Å²) >= 11 is 0. The molecule has 1 aromatic heterocycles. The average Bonchev–Trinajstić information content (AvgIpc) is 3.46. The third-order valence-electron chi connectivity index (χ3n) is 7.03.